The second-order valence-corrected chi connectivity index (χ2v) is 9.63. The molecule has 184 valence electrons. The maximum Gasteiger partial charge on any atom is 0.240 e. The van der Waals surface area contributed by atoms with Crippen molar-refractivity contribution in [2.24, 2.45) is 0 Å². The van der Waals surface area contributed by atoms with Crippen LogP contribution in [0.15, 0.2) is 77.7 Å². The summed E-state index contributed by atoms with van der Waals surface area (Å²) in [5, 5.41) is 2.75. The number of hydrogen-bond donors (Lipinski definition) is 2. The van der Waals surface area contributed by atoms with E-state index in [1.165, 1.54) is 12.1 Å². The van der Waals surface area contributed by atoms with Gasteiger partial charge in [0.25, 0.3) is 0 Å². The lowest BCUT2D eigenvalue weighted by Crippen LogP contribution is -2.32. The Kier molecular flexibility index (Phi) is 8.23. The highest BCUT2D eigenvalue weighted by molar-refractivity contribution is 7.89. The fraction of sp³-hybridized carbons (Fsp3) is 0.269. The Hall–Kier alpha value is -3.56. The van der Waals surface area contributed by atoms with Crippen LogP contribution < -0.4 is 24.2 Å². The Labute approximate surface area is 205 Å². The number of rotatable bonds is 10. The zero-order chi connectivity index (χ0) is 24.5. The highest BCUT2D eigenvalue weighted by atomic mass is 32.2. The Morgan fingerprint density at radius 1 is 0.886 bits per heavy atom. The van der Waals surface area contributed by atoms with Crippen molar-refractivity contribution in [3.63, 3.8) is 0 Å². The topological polar surface area (TPSA) is 103 Å². The minimum atomic E-state index is -3.78. The van der Waals surface area contributed by atoms with Crippen LogP contribution in [-0.4, -0.2) is 47.2 Å². The fourth-order valence-electron chi connectivity index (χ4n) is 3.58. The first-order valence-electron chi connectivity index (χ1n) is 11.5. The van der Waals surface area contributed by atoms with Gasteiger partial charge in [-0.05, 0) is 23.8 Å². The number of para-hydroxylation sites is 1. The monoisotopic (exact) mass is 496 g/mol. The van der Waals surface area contributed by atoms with Crippen LogP contribution in [0, 0.1) is 0 Å². The maximum atomic E-state index is 12.6. The molecule has 2 N–H and O–H groups in total. The Morgan fingerprint density at radius 2 is 1.63 bits per heavy atom. The summed E-state index contributed by atoms with van der Waals surface area (Å²) in [6.07, 6.45) is 0.735. The van der Waals surface area contributed by atoms with E-state index in [1.807, 2.05) is 54.6 Å². The number of fused-ring (bicyclic) bond motifs is 1. The van der Waals surface area contributed by atoms with Crippen molar-refractivity contribution in [3.8, 4) is 28.4 Å². The fourth-order valence-corrected chi connectivity index (χ4v) is 4.63. The van der Waals surface area contributed by atoms with Crippen molar-refractivity contribution in [2.45, 2.75) is 17.7 Å². The van der Waals surface area contributed by atoms with E-state index in [0.717, 1.165) is 23.3 Å². The Balaban J connectivity index is 1.21. The molecule has 0 aromatic heterocycles. The van der Waals surface area contributed by atoms with Crippen LogP contribution >= 0.6 is 0 Å². The summed E-state index contributed by atoms with van der Waals surface area (Å²) >= 11 is 0. The molecule has 0 saturated heterocycles. The van der Waals surface area contributed by atoms with Crippen LogP contribution in [0.1, 0.15) is 12.8 Å². The molecule has 9 heteroatoms. The van der Waals surface area contributed by atoms with Crippen LogP contribution in [0.25, 0.3) is 11.1 Å². The zero-order valence-corrected chi connectivity index (χ0v) is 20.1. The molecule has 0 bridgehead atoms. The van der Waals surface area contributed by atoms with Crippen LogP contribution in [0.4, 0.5) is 0 Å². The van der Waals surface area contributed by atoms with Gasteiger partial charge in [-0.1, -0.05) is 48.5 Å². The number of carbonyl (C=O) groups is 1. The van der Waals surface area contributed by atoms with E-state index in [0.29, 0.717) is 37.9 Å². The summed E-state index contributed by atoms with van der Waals surface area (Å²) in [7, 11) is -3.78. The SMILES string of the molecule is O=C(CCNS(=O)(=O)c1ccc2c(c1)OCCCO2)NCCOc1ccccc1-c1ccccc1. The van der Waals surface area contributed by atoms with Gasteiger partial charge >= 0.3 is 0 Å². The molecule has 0 unspecified atom stereocenters. The van der Waals surface area contributed by atoms with Crippen molar-refractivity contribution in [2.75, 3.05) is 32.9 Å². The van der Waals surface area contributed by atoms with E-state index in [9.17, 15) is 13.2 Å². The van der Waals surface area contributed by atoms with Gasteiger partial charge in [0.1, 0.15) is 12.4 Å². The Bertz CT molecular complexity index is 1250. The smallest absolute Gasteiger partial charge is 0.240 e. The number of benzene rings is 3. The summed E-state index contributed by atoms with van der Waals surface area (Å²) in [5.74, 6) is 1.38. The van der Waals surface area contributed by atoms with Gasteiger partial charge in [0.15, 0.2) is 11.5 Å². The molecule has 0 radical (unpaired) electrons. The predicted molar refractivity (Wildman–Crippen MR) is 132 cm³/mol. The normalized spacial score (nSPS) is 13.0. The van der Waals surface area contributed by atoms with Gasteiger partial charge in [-0.15, -0.1) is 0 Å². The number of carbonyl (C=O) groups excluding carboxylic acids is 1. The lowest BCUT2D eigenvalue weighted by Gasteiger charge is -2.12. The first kappa shape index (κ1) is 24.6. The Morgan fingerprint density at radius 3 is 2.46 bits per heavy atom. The molecule has 0 atom stereocenters. The highest BCUT2D eigenvalue weighted by Crippen LogP contribution is 2.32. The predicted octanol–water partition coefficient (Wildman–Crippen LogP) is 3.38. The van der Waals surface area contributed by atoms with E-state index in [4.69, 9.17) is 14.2 Å². The first-order valence-corrected chi connectivity index (χ1v) is 12.9. The standard InChI is InChI=1S/C26H28N2O6S/c29-26(27-15-18-34-23-10-5-4-9-22(23)20-7-2-1-3-8-20)13-14-28-35(30,31)21-11-12-24-25(19-21)33-17-6-16-32-24/h1-5,7-12,19,28H,6,13-18H2,(H,27,29). The average molecular weight is 497 g/mol. The summed E-state index contributed by atoms with van der Waals surface area (Å²) in [4.78, 5) is 12.2. The molecule has 0 aliphatic carbocycles. The zero-order valence-electron chi connectivity index (χ0n) is 19.2. The number of ether oxygens (including phenoxy) is 3. The molecule has 35 heavy (non-hydrogen) atoms. The second kappa shape index (κ2) is 11.7. The number of sulfonamides is 1. The molecule has 1 heterocycles. The van der Waals surface area contributed by atoms with E-state index < -0.39 is 10.0 Å². The summed E-state index contributed by atoms with van der Waals surface area (Å²) < 4.78 is 44.6. The molecule has 1 aliphatic rings. The number of nitrogens with one attached hydrogen (secondary N) is 2. The molecule has 8 nitrogen and oxygen atoms in total. The van der Waals surface area contributed by atoms with Gasteiger partial charge in [-0.2, -0.15) is 0 Å². The van der Waals surface area contributed by atoms with Gasteiger partial charge in [0, 0.05) is 31.0 Å². The molecule has 1 amide bonds. The van der Waals surface area contributed by atoms with Crippen molar-refractivity contribution in [1.29, 1.82) is 0 Å². The van der Waals surface area contributed by atoms with Crippen LogP contribution in [0.2, 0.25) is 0 Å². The van der Waals surface area contributed by atoms with E-state index in [1.54, 1.807) is 6.07 Å². The largest absolute Gasteiger partial charge is 0.491 e. The van der Waals surface area contributed by atoms with Gasteiger partial charge in [-0.25, -0.2) is 13.1 Å². The third-order valence-electron chi connectivity index (χ3n) is 5.33. The van der Waals surface area contributed by atoms with Crippen molar-refractivity contribution >= 4 is 15.9 Å². The van der Waals surface area contributed by atoms with Gasteiger partial charge in [0.2, 0.25) is 15.9 Å². The molecule has 0 saturated carbocycles. The van der Waals surface area contributed by atoms with E-state index in [-0.39, 0.29) is 23.8 Å². The highest BCUT2D eigenvalue weighted by Gasteiger charge is 2.19. The minimum Gasteiger partial charge on any atom is -0.491 e. The van der Waals surface area contributed by atoms with Crippen molar-refractivity contribution < 1.29 is 27.4 Å². The summed E-state index contributed by atoms with van der Waals surface area (Å²) in [5.41, 5.74) is 2.02. The van der Waals surface area contributed by atoms with Crippen LogP contribution in [0.5, 0.6) is 17.2 Å². The molecule has 1 aliphatic heterocycles. The van der Waals surface area contributed by atoms with E-state index in [2.05, 4.69) is 10.0 Å². The summed E-state index contributed by atoms with van der Waals surface area (Å²) in [6.45, 7) is 1.55. The van der Waals surface area contributed by atoms with Crippen LogP contribution in [0.3, 0.4) is 0 Å². The average Bonchev–Trinajstić information content (AvgIpc) is 3.12. The van der Waals surface area contributed by atoms with Crippen molar-refractivity contribution in [3.05, 3.63) is 72.8 Å². The molecule has 4 rings (SSSR count). The lowest BCUT2D eigenvalue weighted by molar-refractivity contribution is -0.121. The molecular weight excluding hydrogens is 468 g/mol. The van der Waals surface area contributed by atoms with Crippen LogP contribution in [-0.2, 0) is 14.8 Å². The van der Waals surface area contributed by atoms with E-state index >= 15 is 0 Å². The molecular formula is C26H28N2O6S. The minimum absolute atomic E-state index is 0.00435. The van der Waals surface area contributed by atoms with Gasteiger partial charge < -0.3 is 19.5 Å². The molecule has 3 aromatic rings. The molecule has 0 spiro atoms. The maximum absolute atomic E-state index is 12.6. The third kappa shape index (κ3) is 6.74. The molecule has 3 aromatic carbocycles. The van der Waals surface area contributed by atoms with Crippen molar-refractivity contribution in [1.82, 2.24) is 10.0 Å². The quantitative estimate of drug-likeness (QED) is 0.417. The number of amides is 1. The molecule has 0 fully saturated rings. The summed E-state index contributed by atoms with van der Waals surface area (Å²) in [6, 6.07) is 22.1. The van der Waals surface area contributed by atoms with Gasteiger partial charge in [-0.3, -0.25) is 4.79 Å². The number of hydrogen-bond acceptors (Lipinski definition) is 6. The van der Waals surface area contributed by atoms with Gasteiger partial charge in [0.05, 0.1) is 24.7 Å². The second-order valence-electron chi connectivity index (χ2n) is 7.87. The first-order chi connectivity index (χ1) is 17.0. The lowest BCUT2D eigenvalue weighted by atomic mass is 10.1. The third-order valence-corrected chi connectivity index (χ3v) is 6.79.